The third-order valence-corrected chi connectivity index (χ3v) is 7.02. The first-order valence-corrected chi connectivity index (χ1v) is 11.1. The van der Waals surface area contributed by atoms with Crippen LogP contribution in [0.4, 0.5) is 0 Å². The summed E-state index contributed by atoms with van der Waals surface area (Å²) in [6.45, 7) is 5.14. The van der Waals surface area contributed by atoms with Gasteiger partial charge in [-0.1, -0.05) is 43.7 Å². The molecule has 0 aromatic heterocycles. The van der Waals surface area contributed by atoms with Crippen LogP contribution in [-0.4, -0.2) is 6.61 Å². The molecule has 2 aromatic carbocycles. The van der Waals surface area contributed by atoms with Gasteiger partial charge in [0.15, 0.2) is 0 Å². The zero-order valence-corrected chi connectivity index (χ0v) is 17.0. The highest BCUT2D eigenvalue weighted by molar-refractivity contribution is 5.40. The van der Waals surface area contributed by atoms with Gasteiger partial charge in [0.2, 0.25) is 0 Å². The van der Waals surface area contributed by atoms with E-state index in [1.54, 1.807) is 5.56 Å². The second kappa shape index (κ2) is 8.50. The minimum atomic E-state index is 0.667. The lowest BCUT2D eigenvalue weighted by molar-refractivity contribution is 0.319. The van der Waals surface area contributed by atoms with Crippen LogP contribution in [0.15, 0.2) is 42.5 Å². The Labute approximate surface area is 165 Å². The zero-order valence-electron chi connectivity index (χ0n) is 17.0. The van der Waals surface area contributed by atoms with Gasteiger partial charge in [0, 0.05) is 0 Å². The van der Waals surface area contributed by atoms with E-state index in [4.69, 9.17) is 4.74 Å². The maximum absolute atomic E-state index is 5.67. The van der Waals surface area contributed by atoms with Gasteiger partial charge in [-0.2, -0.15) is 0 Å². The summed E-state index contributed by atoms with van der Waals surface area (Å²) in [5.74, 6) is 3.47. The van der Waals surface area contributed by atoms with Crippen molar-refractivity contribution in [2.45, 2.75) is 77.0 Å². The van der Waals surface area contributed by atoms with Gasteiger partial charge in [-0.25, -0.2) is 0 Å². The maximum atomic E-state index is 5.67. The van der Waals surface area contributed by atoms with Crippen molar-refractivity contribution in [1.82, 2.24) is 0 Å². The minimum absolute atomic E-state index is 0.667. The van der Waals surface area contributed by atoms with E-state index in [0.29, 0.717) is 5.92 Å². The molecule has 1 fully saturated rings. The molecule has 144 valence electrons. The predicted octanol–water partition coefficient (Wildman–Crippen LogP) is 7.04. The van der Waals surface area contributed by atoms with E-state index >= 15 is 0 Å². The third kappa shape index (κ3) is 4.23. The van der Waals surface area contributed by atoms with E-state index in [2.05, 4.69) is 56.3 Å². The summed E-state index contributed by atoms with van der Waals surface area (Å²) in [6, 6.07) is 16.4. The molecule has 0 aliphatic heterocycles. The van der Waals surface area contributed by atoms with Gasteiger partial charge in [0.25, 0.3) is 0 Å². The smallest absolute Gasteiger partial charge is 0.119 e. The molecule has 4 rings (SSSR count). The Morgan fingerprint density at radius 2 is 1.48 bits per heavy atom. The lowest BCUT2D eigenvalue weighted by Crippen LogP contribution is -2.14. The van der Waals surface area contributed by atoms with Crippen LogP contribution >= 0.6 is 0 Å². The lowest BCUT2D eigenvalue weighted by Gasteiger charge is -2.29. The molecule has 1 heteroatoms. The zero-order chi connectivity index (χ0) is 18.6. The average Bonchev–Trinajstić information content (AvgIpc) is 2.74. The van der Waals surface area contributed by atoms with Gasteiger partial charge in [-0.05, 0) is 104 Å². The Morgan fingerprint density at radius 3 is 2.15 bits per heavy atom. The molecule has 0 spiro atoms. The molecule has 0 bridgehead atoms. The minimum Gasteiger partial charge on any atom is -0.494 e. The molecule has 0 heterocycles. The Kier molecular flexibility index (Phi) is 5.86. The van der Waals surface area contributed by atoms with E-state index in [0.717, 1.165) is 24.2 Å². The van der Waals surface area contributed by atoms with Crippen molar-refractivity contribution in [2.24, 2.45) is 5.92 Å². The van der Waals surface area contributed by atoms with Crippen LogP contribution < -0.4 is 4.74 Å². The van der Waals surface area contributed by atoms with Gasteiger partial charge >= 0.3 is 0 Å². The third-order valence-electron chi connectivity index (χ3n) is 7.02. The van der Waals surface area contributed by atoms with Crippen LogP contribution in [0.3, 0.4) is 0 Å². The van der Waals surface area contributed by atoms with E-state index in [-0.39, 0.29) is 0 Å². The van der Waals surface area contributed by atoms with Gasteiger partial charge in [0.05, 0.1) is 6.61 Å². The second-order valence-electron chi connectivity index (χ2n) is 8.60. The normalized spacial score (nSPS) is 25.0. The largest absolute Gasteiger partial charge is 0.494 e. The number of fused-ring (bicyclic) bond motifs is 1. The Bertz CT molecular complexity index is 737. The van der Waals surface area contributed by atoms with Gasteiger partial charge in [0.1, 0.15) is 5.75 Å². The van der Waals surface area contributed by atoms with E-state index in [1.807, 2.05) is 0 Å². The summed E-state index contributed by atoms with van der Waals surface area (Å²) in [5, 5.41) is 0. The Hall–Kier alpha value is -1.76. The number of benzene rings is 2. The van der Waals surface area contributed by atoms with Crippen LogP contribution in [0.2, 0.25) is 0 Å². The summed E-state index contributed by atoms with van der Waals surface area (Å²) >= 11 is 0. The Morgan fingerprint density at radius 1 is 0.778 bits per heavy atom. The number of ether oxygens (including phenoxy) is 1. The van der Waals surface area contributed by atoms with E-state index in [1.165, 1.54) is 68.1 Å². The van der Waals surface area contributed by atoms with Gasteiger partial charge < -0.3 is 4.74 Å². The topological polar surface area (TPSA) is 9.23 Å². The fourth-order valence-corrected chi connectivity index (χ4v) is 5.22. The number of hydrogen-bond donors (Lipinski definition) is 0. The lowest BCUT2D eigenvalue weighted by atomic mass is 9.76. The van der Waals surface area contributed by atoms with Crippen molar-refractivity contribution in [3.63, 3.8) is 0 Å². The van der Waals surface area contributed by atoms with Crippen molar-refractivity contribution in [1.29, 1.82) is 0 Å². The summed E-state index contributed by atoms with van der Waals surface area (Å²) in [5.41, 5.74) is 6.10. The Balaban J connectivity index is 1.41. The molecule has 27 heavy (non-hydrogen) atoms. The van der Waals surface area contributed by atoms with E-state index < -0.39 is 0 Å². The summed E-state index contributed by atoms with van der Waals surface area (Å²) in [4.78, 5) is 0. The molecule has 0 amide bonds. The molecule has 2 aliphatic rings. The van der Waals surface area contributed by atoms with Crippen LogP contribution in [0.5, 0.6) is 5.75 Å². The van der Waals surface area contributed by atoms with Crippen LogP contribution in [-0.2, 0) is 12.8 Å². The molecular weight excluding hydrogens is 328 g/mol. The highest BCUT2D eigenvalue weighted by Crippen LogP contribution is 2.38. The van der Waals surface area contributed by atoms with Gasteiger partial charge in [-0.3, -0.25) is 0 Å². The first kappa shape index (κ1) is 18.6. The first-order valence-electron chi connectivity index (χ1n) is 11.1. The molecule has 2 aromatic rings. The highest BCUT2D eigenvalue weighted by Gasteiger charge is 2.23. The van der Waals surface area contributed by atoms with Crippen LogP contribution in [0, 0.1) is 5.92 Å². The number of rotatable bonds is 5. The van der Waals surface area contributed by atoms with Crippen molar-refractivity contribution in [3.8, 4) is 5.75 Å². The summed E-state index contributed by atoms with van der Waals surface area (Å²) < 4.78 is 5.67. The van der Waals surface area contributed by atoms with E-state index in [9.17, 15) is 0 Å². The SMILES string of the molecule is CCOc1ccc2c(c1)CCC(c1ccc(C3CCC(CC)CC3)cc1)C2. The molecule has 0 saturated heterocycles. The molecular formula is C26H34O. The first-order chi connectivity index (χ1) is 13.3. The van der Waals surface area contributed by atoms with Crippen molar-refractivity contribution < 1.29 is 4.74 Å². The molecule has 1 atom stereocenters. The molecule has 1 saturated carbocycles. The number of hydrogen-bond acceptors (Lipinski definition) is 1. The van der Waals surface area contributed by atoms with Crippen LogP contribution in [0.1, 0.15) is 86.5 Å². The van der Waals surface area contributed by atoms with Crippen LogP contribution in [0.25, 0.3) is 0 Å². The summed E-state index contributed by atoms with van der Waals surface area (Å²) in [7, 11) is 0. The maximum Gasteiger partial charge on any atom is 0.119 e. The molecule has 1 nitrogen and oxygen atoms in total. The van der Waals surface area contributed by atoms with Crippen molar-refractivity contribution in [2.75, 3.05) is 6.61 Å². The predicted molar refractivity (Wildman–Crippen MR) is 114 cm³/mol. The average molecular weight is 363 g/mol. The second-order valence-corrected chi connectivity index (χ2v) is 8.60. The molecule has 0 N–H and O–H groups in total. The standard InChI is InChI=1S/C26H34O/c1-3-19-5-7-20(8-6-19)21-9-11-22(12-10-21)23-13-14-25-18-26(27-4-2)16-15-24(25)17-23/h9-12,15-16,18-20,23H,3-8,13-14,17H2,1-2H3. The molecule has 1 unspecified atom stereocenters. The highest BCUT2D eigenvalue weighted by atomic mass is 16.5. The number of aryl methyl sites for hydroxylation is 1. The van der Waals surface area contributed by atoms with Crippen molar-refractivity contribution in [3.05, 3.63) is 64.7 Å². The molecule has 2 aliphatic carbocycles. The van der Waals surface area contributed by atoms with Gasteiger partial charge in [-0.15, -0.1) is 0 Å². The fourth-order valence-electron chi connectivity index (χ4n) is 5.22. The monoisotopic (exact) mass is 362 g/mol. The quantitative estimate of drug-likeness (QED) is 0.554. The fraction of sp³-hybridized carbons (Fsp3) is 0.538. The van der Waals surface area contributed by atoms with Crippen molar-refractivity contribution >= 4 is 0 Å². The summed E-state index contributed by atoms with van der Waals surface area (Å²) in [6.07, 6.45) is 10.6. The molecule has 0 radical (unpaired) electrons.